The smallest absolute Gasteiger partial charge is 0.267 e. The van der Waals surface area contributed by atoms with Crippen molar-refractivity contribution in [2.24, 2.45) is 0 Å². The Kier molecular flexibility index (Phi) is 7.47. The van der Waals surface area contributed by atoms with Gasteiger partial charge in [-0.1, -0.05) is 53.0 Å². The SMILES string of the molecule is N#CC1(c2ccccc2Br)CCN(Cc2cc(C(=O)N[C@H]3CCCC[C@@H]3O)c(=O)n3ccccc23)CC1. The van der Waals surface area contributed by atoms with Crippen molar-refractivity contribution in [3.05, 3.63) is 86.2 Å². The molecule has 0 bridgehead atoms. The molecular weight excluding hydrogens is 532 g/mol. The molecule has 37 heavy (non-hydrogen) atoms. The van der Waals surface area contributed by atoms with Crippen LogP contribution in [0, 0.1) is 11.3 Å². The van der Waals surface area contributed by atoms with Crippen LogP contribution in [-0.4, -0.2) is 45.5 Å². The standard InChI is InChI=1S/C29H31BrN4O3/c30-23-8-2-1-7-22(23)29(19-31)12-15-33(16-13-29)18-20-17-21(28(37)34-14-6-5-10-25(20)34)27(36)32-24-9-3-4-11-26(24)35/h1-2,5-8,10,14,17,24,26,35H,3-4,9,11-13,15-16,18H2,(H,32,36)/t24-,26-/m0/s1. The fraction of sp³-hybridized carbons (Fsp3) is 0.414. The number of aromatic nitrogens is 1. The van der Waals surface area contributed by atoms with Crippen LogP contribution in [0.5, 0.6) is 0 Å². The van der Waals surface area contributed by atoms with E-state index < -0.39 is 17.4 Å². The van der Waals surface area contributed by atoms with E-state index in [2.05, 4.69) is 32.2 Å². The summed E-state index contributed by atoms with van der Waals surface area (Å²) in [4.78, 5) is 28.7. The highest BCUT2D eigenvalue weighted by atomic mass is 79.9. The van der Waals surface area contributed by atoms with Gasteiger partial charge < -0.3 is 10.4 Å². The van der Waals surface area contributed by atoms with Gasteiger partial charge in [0.15, 0.2) is 0 Å². The van der Waals surface area contributed by atoms with E-state index in [0.717, 1.165) is 47.0 Å². The molecule has 1 aliphatic heterocycles. The Balaban J connectivity index is 1.39. The highest BCUT2D eigenvalue weighted by Gasteiger charge is 2.38. The maximum atomic E-state index is 13.2. The number of carbonyl (C=O) groups excluding carboxylic acids is 1. The quantitative estimate of drug-likeness (QED) is 0.486. The summed E-state index contributed by atoms with van der Waals surface area (Å²) in [6.07, 6.45) is 5.76. The molecule has 1 saturated carbocycles. The molecule has 2 N–H and O–H groups in total. The summed E-state index contributed by atoms with van der Waals surface area (Å²) >= 11 is 3.62. The molecule has 1 saturated heterocycles. The molecule has 2 aliphatic rings. The zero-order chi connectivity index (χ0) is 26.0. The number of amides is 1. The lowest BCUT2D eigenvalue weighted by Crippen LogP contribution is -2.46. The number of hydrogen-bond acceptors (Lipinski definition) is 5. The predicted molar refractivity (Wildman–Crippen MR) is 145 cm³/mol. The van der Waals surface area contributed by atoms with Crippen LogP contribution >= 0.6 is 15.9 Å². The van der Waals surface area contributed by atoms with Crippen LogP contribution in [0.15, 0.2) is 64.0 Å². The minimum atomic E-state index is -0.584. The lowest BCUT2D eigenvalue weighted by Gasteiger charge is -2.38. The van der Waals surface area contributed by atoms with Crippen molar-refractivity contribution < 1.29 is 9.90 Å². The van der Waals surface area contributed by atoms with Crippen LogP contribution in [0.25, 0.3) is 5.52 Å². The normalized spacial score (nSPS) is 21.9. The van der Waals surface area contributed by atoms with Crippen LogP contribution in [0.3, 0.4) is 0 Å². The average Bonchev–Trinajstić information content (AvgIpc) is 2.92. The molecule has 1 aliphatic carbocycles. The number of fused-ring (bicyclic) bond motifs is 1. The van der Waals surface area contributed by atoms with Gasteiger partial charge in [-0.05, 0) is 61.1 Å². The van der Waals surface area contributed by atoms with E-state index in [1.165, 1.54) is 4.40 Å². The van der Waals surface area contributed by atoms with Crippen LogP contribution in [-0.2, 0) is 12.0 Å². The number of carbonyl (C=O) groups is 1. The van der Waals surface area contributed by atoms with Crippen molar-refractivity contribution in [3.63, 3.8) is 0 Å². The van der Waals surface area contributed by atoms with Crippen molar-refractivity contribution in [2.45, 2.75) is 62.6 Å². The second kappa shape index (κ2) is 10.8. The van der Waals surface area contributed by atoms with E-state index in [1.807, 2.05) is 36.4 Å². The summed E-state index contributed by atoms with van der Waals surface area (Å²) in [6, 6.07) is 17.5. The van der Waals surface area contributed by atoms with Crippen molar-refractivity contribution in [1.82, 2.24) is 14.6 Å². The van der Waals surface area contributed by atoms with E-state index in [0.29, 0.717) is 32.2 Å². The average molecular weight is 563 g/mol. The molecule has 2 aromatic heterocycles. The highest BCUT2D eigenvalue weighted by Crippen LogP contribution is 2.39. The number of nitriles is 1. The Labute approximate surface area is 224 Å². The first-order valence-corrected chi connectivity index (χ1v) is 13.7. The van der Waals surface area contributed by atoms with Gasteiger partial charge >= 0.3 is 0 Å². The molecule has 2 atom stereocenters. The van der Waals surface area contributed by atoms with Crippen molar-refractivity contribution >= 4 is 27.4 Å². The zero-order valence-electron chi connectivity index (χ0n) is 20.7. The monoisotopic (exact) mass is 562 g/mol. The number of piperidine rings is 1. The fourth-order valence-corrected chi connectivity index (χ4v) is 6.43. The number of aliphatic hydroxyl groups excluding tert-OH is 1. The number of aliphatic hydroxyl groups is 1. The van der Waals surface area contributed by atoms with Gasteiger partial charge in [-0.2, -0.15) is 5.26 Å². The van der Waals surface area contributed by atoms with E-state index in [-0.39, 0.29) is 17.2 Å². The Morgan fingerprint density at radius 3 is 2.59 bits per heavy atom. The van der Waals surface area contributed by atoms with Crippen LogP contribution in [0.4, 0.5) is 0 Å². The number of pyridine rings is 2. The maximum absolute atomic E-state index is 13.2. The molecule has 1 aromatic carbocycles. The first-order valence-electron chi connectivity index (χ1n) is 12.9. The number of hydrogen-bond donors (Lipinski definition) is 2. The molecule has 5 rings (SSSR count). The number of likely N-dealkylation sites (tertiary alicyclic amines) is 1. The number of benzene rings is 1. The summed E-state index contributed by atoms with van der Waals surface area (Å²) in [5.41, 5.74) is 1.87. The van der Waals surface area contributed by atoms with Gasteiger partial charge in [0.2, 0.25) is 0 Å². The van der Waals surface area contributed by atoms with E-state index in [1.54, 1.807) is 18.3 Å². The third kappa shape index (κ3) is 5.08. The van der Waals surface area contributed by atoms with Gasteiger partial charge in [0.1, 0.15) is 5.56 Å². The van der Waals surface area contributed by atoms with Gasteiger partial charge in [0.05, 0.1) is 29.1 Å². The van der Waals surface area contributed by atoms with Gasteiger partial charge in [-0.25, -0.2) is 0 Å². The molecule has 0 radical (unpaired) electrons. The molecule has 3 heterocycles. The Morgan fingerprint density at radius 1 is 1.14 bits per heavy atom. The second-order valence-corrected chi connectivity index (χ2v) is 11.1. The predicted octanol–water partition coefficient (Wildman–Crippen LogP) is 4.15. The topological polar surface area (TPSA) is 97.8 Å². The summed E-state index contributed by atoms with van der Waals surface area (Å²) in [5, 5.41) is 23.3. The minimum absolute atomic E-state index is 0.0908. The molecule has 2 fully saturated rings. The molecule has 3 aromatic rings. The highest BCUT2D eigenvalue weighted by molar-refractivity contribution is 9.10. The van der Waals surface area contributed by atoms with Crippen LogP contribution in [0.1, 0.15) is 60.0 Å². The van der Waals surface area contributed by atoms with E-state index in [9.17, 15) is 20.0 Å². The lowest BCUT2D eigenvalue weighted by molar-refractivity contribution is 0.0716. The summed E-state index contributed by atoms with van der Waals surface area (Å²) in [5.74, 6) is -0.438. The van der Waals surface area contributed by atoms with Crippen molar-refractivity contribution in [2.75, 3.05) is 13.1 Å². The number of nitrogens with one attached hydrogen (secondary N) is 1. The lowest BCUT2D eigenvalue weighted by atomic mass is 9.74. The first kappa shape index (κ1) is 25.7. The minimum Gasteiger partial charge on any atom is -0.391 e. The van der Waals surface area contributed by atoms with E-state index >= 15 is 0 Å². The van der Waals surface area contributed by atoms with Crippen molar-refractivity contribution in [3.8, 4) is 6.07 Å². The molecule has 192 valence electrons. The molecule has 0 spiro atoms. The summed E-state index contributed by atoms with van der Waals surface area (Å²) in [7, 11) is 0. The molecule has 1 amide bonds. The van der Waals surface area contributed by atoms with E-state index in [4.69, 9.17) is 0 Å². The third-order valence-corrected chi connectivity index (χ3v) is 8.65. The zero-order valence-corrected chi connectivity index (χ0v) is 22.3. The maximum Gasteiger partial charge on any atom is 0.267 e. The molecule has 8 heteroatoms. The number of halogens is 1. The van der Waals surface area contributed by atoms with Crippen molar-refractivity contribution in [1.29, 1.82) is 5.26 Å². The second-order valence-electron chi connectivity index (χ2n) is 10.2. The number of nitrogens with zero attached hydrogens (tertiary/aromatic N) is 3. The Morgan fingerprint density at radius 2 is 1.86 bits per heavy atom. The Bertz CT molecular complexity index is 1400. The third-order valence-electron chi connectivity index (χ3n) is 7.95. The molecular formula is C29H31BrN4O3. The largest absolute Gasteiger partial charge is 0.391 e. The Hall–Kier alpha value is -2.99. The van der Waals surface area contributed by atoms with Gasteiger partial charge in [0.25, 0.3) is 11.5 Å². The fourth-order valence-electron chi connectivity index (χ4n) is 5.76. The number of rotatable bonds is 5. The first-order chi connectivity index (χ1) is 17.9. The van der Waals surface area contributed by atoms with Crippen LogP contribution < -0.4 is 10.9 Å². The molecule has 0 unspecified atom stereocenters. The summed E-state index contributed by atoms with van der Waals surface area (Å²) in [6.45, 7) is 2.02. The van der Waals surface area contributed by atoms with Gasteiger partial charge in [-0.3, -0.25) is 18.9 Å². The van der Waals surface area contributed by atoms with Crippen LogP contribution in [0.2, 0.25) is 0 Å². The summed E-state index contributed by atoms with van der Waals surface area (Å²) < 4.78 is 2.49. The van der Waals surface area contributed by atoms with Gasteiger partial charge in [-0.15, -0.1) is 0 Å². The van der Waals surface area contributed by atoms with Gasteiger partial charge in [0, 0.05) is 30.3 Å². The molecule has 7 nitrogen and oxygen atoms in total.